The van der Waals surface area contributed by atoms with Gasteiger partial charge < -0.3 is 0 Å². The third-order valence-electron chi connectivity index (χ3n) is 1.96. The molecule has 1 aromatic rings. The van der Waals surface area contributed by atoms with E-state index in [-0.39, 0.29) is 11.7 Å². The van der Waals surface area contributed by atoms with Gasteiger partial charge in [-0.3, -0.25) is 0 Å². The quantitative estimate of drug-likeness (QED) is 0.475. The van der Waals surface area contributed by atoms with Crippen LogP contribution in [0, 0.1) is 0 Å². The van der Waals surface area contributed by atoms with Crippen LogP contribution in [0.25, 0.3) is 0 Å². The first kappa shape index (κ1) is 15.5. The molecule has 0 saturated heterocycles. The van der Waals surface area contributed by atoms with Gasteiger partial charge in [0, 0.05) is 4.21 Å². The van der Waals surface area contributed by atoms with Gasteiger partial charge >= 0.3 is 24.0 Å². The molecule has 0 amide bonds. The molecule has 0 aliphatic carbocycles. The van der Waals surface area contributed by atoms with Gasteiger partial charge in [-0.25, -0.2) is 4.99 Å². The van der Waals surface area contributed by atoms with Crippen molar-refractivity contribution >= 4 is 23.1 Å². The van der Waals surface area contributed by atoms with Crippen molar-refractivity contribution in [2.45, 2.75) is 12.4 Å². The molecule has 0 aliphatic heterocycles. The fourth-order valence-electron chi connectivity index (χ4n) is 1.14. The molecule has 0 heterocycles. The number of halogens is 6. The van der Waals surface area contributed by atoms with E-state index < -0.39 is 35.1 Å². The van der Waals surface area contributed by atoms with Crippen molar-refractivity contribution in [2.24, 2.45) is 4.99 Å². The Labute approximate surface area is 107 Å². The lowest BCUT2D eigenvalue weighted by molar-refractivity contribution is -0.137. The summed E-state index contributed by atoms with van der Waals surface area (Å²) in [5, 5.41) is 0. The molecule has 2 nitrogen and oxygen atoms in total. The van der Waals surface area contributed by atoms with E-state index in [4.69, 9.17) is 0 Å². The Morgan fingerprint density at radius 3 is 2.26 bits per heavy atom. The summed E-state index contributed by atoms with van der Waals surface area (Å²) in [6.07, 6.45) is -9.52. The number of aliphatic imine (C=N–C) groups is 1. The SMILES string of the molecule is O=[S+]CC(=Nc1cccc(C(F)(F)F)c1)C(F)(F)F. The van der Waals surface area contributed by atoms with Gasteiger partial charge in [-0.15, -0.1) is 0 Å². The van der Waals surface area contributed by atoms with Gasteiger partial charge in [-0.1, -0.05) is 6.07 Å². The molecule has 0 unspecified atom stereocenters. The van der Waals surface area contributed by atoms with Gasteiger partial charge in [-0.05, 0) is 18.2 Å². The first-order chi connectivity index (χ1) is 8.64. The zero-order valence-corrected chi connectivity index (χ0v) is 9.86. The van der Waals surface area contributed by atoms with E-state index in [1.807, 2.05) is 0 Å². The van der Waals surface area contributed by atoms with Crippen LogP contribution in [0.15, 0.2) is 29.3 Å². The van der Waals surface area contributed by atoms with E-state index in [2.05, 4.69) is 4.99 Å². The maximum Gasteiger partial charge on any atom is 0.465 e. The molecular formula is C10H6F6NOS+. The molecule has 0 saturated carbocycles. The molecule has 1 rings (SSSR count). The standard InChI is InChI=1S/C10H6F6NOS/c11-9(12,13)6-2-1-3-7(4-6)17-8(5-19-18)10(14,15)16/h1-4H,5H2/q+1. The van der Waals surface area contributed by atoms with Gasteiger partial charge in [0.15, 0.2) is 5.71 Å². The number of hydrogen-bond acceptors (Lipinski definition) is 2. The van der Waals surface area contributed by atoms with Crippen LogP contribution < -0.4 is 0 Å². The summed E-state index contributed by atoms with van der Waals surface area (Å²) in [6.45, 7) is 0. The molecule has 0 aliphatic rings. The Hall–Kier alpha value is -1.51. The van der Waals surface area contributed by atoms with E-state index >= 15 is 0 Å². The summed E-state index contributed by atoms with van der Waals surface area (Å²) in [5.41, 5.74) is -3.03. The van der Waals surface area contributed by atoms with Gasteiger partial charge in [0.2, 0.25) is 0 Å². The molecule has 0 spiro atoms. The van der Waals surface area contributed by atoms with Crippen molar-refractivity contribution < 1.29 is 30.6 Å². The highest BCUT2D eigenvalue weighted by Gasteiger charge is 2.39. The molecule has 0 bridgehead atoms. The Morgan fingerprint density at radius 2 is 1.79 bits per heavy atom. The molecule has 104 valence electrons. The van der Waals surface area contributed by atoms with Crippen LogP contribution in [0.1, 0.15) is 5.56 Å². The zero-order chi connectivity index (χ0) is 14.7. The highest BCUT2D eigenvalue weighted by molar-refractivity contribution is 7.66. The number of rotatable bonds is 3. The first-order valence-corrected chi connectivity index (χ1v) is 5.62. The van der Waals surface area contributed by atoms with Crippen LogP contribution >= 0.6 is 0 Å². The minimum atomic E-state index is -4.86. The van der Waals surface area contributed by atoms with Crippen molar-refractivity contribution in [1.82, 2.24) is 0 Å². The number of benzene rings is 1. The number of alkyl halides is 6. The molecule has 9 heteroatoms. The summed E-state index contributed by atoms with van der Waals surface area (Å²) in [6, 6.07) is 3.15. The zero-order valence-electron chi connectivity index (χ0n) is 9.05. The topological polar surface area (TPSA) is 29.4 Å². The monoisotopic (exact) mass is 302 g/mol. The van der Waals surface area contributed by atoms with Crippen molar-refractivity contribution in [3.05, 3.63) is 29.8 Å². The van der Waals surface area contributed by atoms with Gasteiger partial charge in [0.05, 0.1) is 11.3 Å². The third-order valence-corrected chi connectivity index (χ3v) is 2.35. The maximum atomic E-state index is 12.4. The van der Waals surface area contributed by atoms with Gasteiger partial charge in [-0.2, -0.15) is 26.3 Å². The summed E-state index contributed by atoms with van der Waals surface area (Å²) in [7, 11) is 0. The van der Waals surface area contributed by atoms with Crippen LogP contribution in [-0.4, -0.2) is 17.6 Å². The van der Waals surface area contributed by atoms with E-state index in [0.717, 1.165) is 12.1 Å². The molecule has 19 heavy (non-hydrogen) atoms. The highest BCUT2D eigenvalue weighted by Crippen LogP contribution is 2.32. The molecule has 0 atom stereocenters. The van der Waals surface area contributed by atoms with E-state index in [0.29, 0.717) is 12.1 Å². The van der Waals surface area contributed by atoms with Crippen molar-refractivity contribution in [3.63, 3.8) is 0 Å². The second-order valence-electron chi connectivity index (χ2n) is 3.37. The minimum absolute atomic E-state index is 0.357. The van der Waals surface area contributed by atoms with Crippen molar-refractivity contribution in [3.8, 4) is 0 Å². The fourth-order valence-corrected chi connectivity index (χ4v) is 1.48. The molecule has 0 aromatic heterocycles. The van der Waals surface area contributed by atoms with Crippen LogP contribution in [0.5, 0.6) is 0 Å². The summed E-state index contributed by atoms with van der Waals surface area (Å²) in [5.74, 6) is -0.972. The third kappa shape index (κ3) is 4.58. The average molecular weight is 302 g/mol. The van der Waals surface area contributed by atoms with Crippen LogP contribution in [0.4, 0.5) is 32.0 Å². The molecular weight excluding hydrogens is 296 g/mol. The predicted molar refractivity (Wildman–Crippen MR) is 57.5 cm³/mol. The fraction of sp³-hybridized carbons (Fsp3) is 0.300. The largest absolute Gasteiger partial charge is 0.465 e. The second kappa shape index (κ2) is 5.64. The molecule has 0 N–H and O–H groups in total. The van der Waals surface area contributed by atoms with Crippen molar-refractivity contribution in [2.75, 3.05) is 5.75 Å². The molecule has 0 radical (unpaired) electrons. The van der Waals surface area contributed by atoms with E-state index in [9.17, 15) is 30.6 Å². The first-order valence-electron chi connectivity index (χ1n) is 4.71. The van der Waals surface area contributed by atoms with Crippen molar-refractivity contribution in [1.29, 1.82) is 0 Å². The van der Waals surface area contributed by atoms with Crippen LogP contribution in [-0.2, 0) is 22.1 Å². The van der Waals surface area contributed by atoms with Crippen LogP contribution in [0.3, 0.4) is 0 Å². The average Bonchev–Trinajstić information content (AvgIpc) is 2.26. The van der Waals surface area contributed by atoms with E-state index in [1.54, 1.807) is 0 Å². The lowest BCUT2D eigenvalue weighted by atomic mass is 10.2. The van der Waals surface area contributed by atoms with E-state index in [1.165, 1.54) is 0 Å². The Kier molecular flexibility index (Phi) is 4.61. The Balaban J connectivity index is 3.19. The molecule has 0 fully saturated rings. The second-order valence-corrected chi connectivity index (χ2v) is 3.89. The Morgan fingerprint density at radius 1 is 1.16 bits per heavy atom. The van der Waals surface area contributed by atoms with Gasteiger partial charge in [0.1, 0.15) is 0 Å². The normalized spacial score (nSPS) is 13.5. The summed E-state index contributed by atoms with van der Waals surface area (Å²) < 4.78 is 84.5. The molecule has 1 aromatic carbocycles. The summed E-state index contributed by atoms with van der Waals surface area (Å²) >= 11 is -0.357. The maximum absolute atomic E-state index is 12.4. The summed E-state index contributed by atoms with van der Waals surface area (Å²) in [4.78, 5) is 3.06. The minimum Gasteiger partial charge on any atom is -0.243 e. The predicted octanol–water partition coefficient (Wildman–Crippen LogP) is 3.77. The lowest BCUT2D eigenvalue weighted by Gasteiger charge is -2.08. The lowest BCUT2D eigenvalue weighted by Crippen LogP contribution is -2.25. The van der Waals surface area contributed by atoms with Crippen LogP contribution in [0.2, 0.25) is 0 Å². The number of hydrogen-bond donors (Lipinski definition) is 0. The smallest absolute Gasteiger partial charge is 0.243 e. The Bertz CT molecular complexity index is 494. The van der Waals surface area contributed by atoms with Gasteiger partial charge in [0.25, 0.3) is 5.75 Å². The number of nitrogens with zero attached hydrogens (tertiary/aromatic N) is 1. The highest BCUT2D eigenvalue weighted by atomic mass is 32.1.